The summed E-state index contributed by atoms with van der Waals surface area (Å²) in [5.41, 5.74) is 0. The number of aliphatic carboxylic acids is 1. The van der Waals surface area contributed by atoms with Gasteiger partial charge in [0.1, 0.15) is 6.10 Å². The highest BCUT2D eigenvalue weighted by Crippen LogP contribution is 2.28. The zero-order valence-corrected chi connectivity index (χ0v) is 14.6. The highest BCUT2D eigenvalue weighted by atomic mass is 16.5. The van der Waals surface area contributed by atoms with Gasteiger partial charge in [-0.25, -0.2) is 0 Å². The van der Waals surface area contributed by atoms with Gasteiger partial charge < -0.3 is 9.84 Å². The molecule has 4 heteroatoms. The van der Waals surface area contributed by atoms with Gasteiger partial charge in [0.05, 0.1) is 11.8 Å². The molecule has 0 radical (unpaired) electrons. The van der Waals surface area contributed by atoms with E-state index in [1.54, 1.807) is 0 Å². The summed E-state index contributed by atoms with van der Waals surface area (Å²) in [6, 6.07) is 0. The number of allylic oxidation sites excluding steroid dienone is 2. The summed E-state index contributed by atoms with van der Waals surface area (Å²) in [5, 5.41) is 9.28. The first-order valence-corrected chi connectivity index (χ1v) is 9.18. The van der Waals surface area contributed by atoms with Crippen molar-refractivity contribution in [3.8, 4) is 0 Å². The molecule has 0 spiro atoms. The normalized spacial score (nSPS) is 21.8. The summed E-state index contributed by atoms with van der Waals surface area (Å²) in [6.45, 7) is 4.28. The number of hydrogen-bond donors (Lipinski definition) is 1. The van der Waals surface area contributed by atoms with Crippen LogP contribution in [-0.2, 0) is 14.3 Å². The quantitative estimate of drug-likeness (QED) is 0.339. The topological polar surface area (TPSA) is 63.6 Å². The average molecular weight is 324 g/mol. The second-order valence-electron chi connectivity index (χ2n) is 6.54. The molecule has 0 aliphatic heterocycles. The fourth-order valence-corrected chi connectivity index (χ4v) is 3.16. The van der Waals surface area contributed by atoms with Crippen molar-refractivity contribution in [3.05, 3.63) is 12.2 Å². The molecule has 0 amide bonds. The van der Waals surface area contributed by atoms with Crippen LogP contribution in [0.5, 0.6) is 0 Å². The third-order valence-corrected chi connectivity index (χ3v) is 4.58. The molecule has 1 N–H and O–H groups in total. The lowest BCUT2D eigenvalue weighted by Crippen LogP contribution is -2.34. The van der Waals surface area contributed by atoms with Gasteiger partial charge in [0.25, 0.3) is 0 Å². The molecule has 0 saturated heterocycles. The van der Waals surface area contributed by atoms with Crippen molar-refractivity contribution in [2.45, 2.75) is 84.2 Å². The van der Waals surface area contributed by atoms with E-state index in [4.69, 9.17) is 4.74 Å². The molecule has 0 saturated carbocycles. The molecule has 0 bridgehead atoms. The molecule has 0 fully saturated rings. The van der Waals surface area contributed by atoms with Crippen LogP contribution in [0.1, 0.15) is 78.1 Å². The first kappa shape index (κ1) is 19.7. The Morgan fingerprint density at radius 1 is 1.00 bits per heavy atom. The van der Waals surface area contributed by atoms with Crippen LogP contribution in [0.25, 0.3) is 0 Å². The highest BCUT2D eigenvalue weighted by Gasteiger charge is 2.35. The van der Waals surface area contributed by atoms with Crippen LogP contribution in [-0.4, -0.2) is 23.1 Å². The Kier molecular flexibility index (Phi) is 9.65. The van der Waals surface area contributed by atoms with E-state index in [2.05, 4.69) is 13.8 Å². The van der Waals surface area contributed by atoms with Crippen LogP contribution < -0.4 is 0 Å². The number of esters is 1. The van der Waals surface area contributed by atoms with E-state index in [-0.39, 0.29) is 12.1 Å². The van der Waals surface area contributed by atoms with E-state index in [9.17, 15) is 14.7 Å². The summed E-state index contributed by atoms with van der Waals surface area (Å²) in [4.78, 5) is 23.7. The Bertz CT molecular complexity index is 389. The third kappa shape index (κ3) is 7.19. The Balaban J connectivity index is 2.48. The molecule has 0 aromatic carbocycles. The first-order chi connectivity index (χ1) is 11.1. The van der Waals surface area contributed by atoms with Crippen LogP contribution in [0.2, 0.25) is 0 Å². The number of ether oxygens (including phenoxy) is 1. The Morgan fingerprint density at radius 3 is 2.26 bits per heavy atom. The van der Waals surface area contributed by atoms with Crippen LogP contribution in [0.3, 0.4) is 0 Å². The van der Waals surface area contributed by atoms with E-state index in [0.717, 1.165) is 25.7 Å². The third-order valence-electron chi connectivity index (χ3n) is 4.58. The SMILES string of the molecule is CCCCCCCC(CCC)OC(=O)C1CC=CCC1C(=O)O. The number of carbonyl (C=O) groups excluding carboxylic acids is 1. The molecule has 23 heavy (non-hydrogen) atoms. The van der Waals surface area contributed by atoms with Crippen LogP contribution in [0.4, 0.5) is 0 Å². The van der Waals surface area contributed by atoms with E-state index >= 15 is 0 Å². The lowest BCUT2D eigenvalue weighted by Gasteiger charge is -2.26. The molecule has 3 unspecified atom stereocenters. The van der Waals surface area contributed by atoms with E-state index in [1.165, 1.54) is 25.7 Å². The standard InChI is InChI=1S/C19H32O4/c1-3-5-6-7-8-12-15(11-4-2)23-19(22)17-14-10-9-13-16(17)18(20)21/h9-10,15-17H,3-8,11-14H2,1-2H3,(H,20,21). The van der Waals surface area contributed by atoms with Crippen molar-refractivity contribution in [1.29, 1.82) is 0 Å². The minimum atomic E-state index is -0.900. The summed E-state index contributed by atoms with van der Waals surface area (Å²) in [5.74, 6) is -2.40. The monoisotopic (exact) mass is 324 g/mol. The summed E-state index contributed by atoms with van der Waals surface area (Å²) in [6.07, 6.45) is 13.3. The van der Waals surface area contributed by atoms with E-state index < -0.39 is 17.8 Å². The second kappa shape index (κ2) is 11.3. The average Bonchev–Trinajstić information content (AvgIpc) is 2.54. The minimum absolute atomic E-state index is 0.0607. The number of rotatable bonds is 11. The van der Waals surface area contributed by atoms with Gasteiger partial charge in [-0.05, 0) is 32.1 Å². The largest absolute Gasteiger partial charge is 0.481 e. The second-order valence-corrected chi connectivity index (χ2v) is 6.54. The van der Waals surface area contributed by atoms with Gasteiger partial charge in [-0.1, -0.05) is 58.1 Å². The Morgan fingerprint density at radius 2 is 1.65 bits per heavy atom. The predicted molar refractivity (Wildman–Crippen MR) is 91.2 cm³/mol. The number of carboxylic acid groups (broad SMARTS) is 1. The fourth-order valence-electron chi connectivity index (χ4n) is 3.16. The molecule has 0 heterocycles. The highest BCUT2D eigenvalue weighted by molar-refractivity contribution is 5.81. The molecular weight excluding hydrogens is 292 g/mol. The summed E-state index contributed by atoms with van der Waals surface area (Å²) in [7, 11) is 0. The summed E-state index contributed by atoms with van der Waals surface area (Å²) < 4.78 is 5.68. The zero-order chi connectivity index (χ0) is 17.1. The fraction of sp³-hybridized carbons (Fsp3) is 0.789. The Hall–Kier alpha value is -1.32. The first-order valence-electron chi connectivity index (χ1n) is 9.18. The number of carboxylic acids is 1. The van der Waals surface area contributed by atoms with Gasteiger partial charge >= 0.3 is 11.9 Å². The molecule has 132 valence electrons. The zero-order valence-electron chi connectivity index (χ0n) is 14.6. The van der Waals surface area contributed by atoms with Crippen LogP contribution >= 0.6 is 0 Å². The van der Waals surface area contributed by atoms with Gasteiger partial charge in [0.15, 0.2) is 0 Å². The molecule has 3 atom stereocenters. The molecular formula is C19H32O4. The molecule has 1 aliphatic rings. The molecule has 4 nitrogen and oxygen atoms in total. The van der Waals surface area contributed by atoms with Crippen LogP contribution in [0, 0.1) is 11.8 Å². The van der Waals surface area contributed by atoms with Crippen molar-refractivity contribution in [2.75, 3.05) is 0 Å². The van der Waals surface area contributed by atoms with Gasteiger partial charge in [-0.2, -0.15) is 0 Å². The van der Waals surface area contributed by atoms with Gasteiger partial charge in [-0.3, -0.25) is 9.59 Å². The number of carbonyl (C=O) groups is 2. The number of hydrogen-bond acceptors (Lipinski definition) is 3. The maximum Gasteiger partial charge on any atom is 0.310 e. The van der Waals surface area contributed by atoms with Crippen molar-refractivity contribution in [1.82, 2.24) is 0 Å². The van der Waals surface area contributed by atoms with E-state index in [0.29, 0.717) is 12.8 Å². The van der Waals surface area contributed by atoms with Gasteiger partial charge in [0, 0.05) is 0 Å². The molecule has 0 aromatic heterocycles. The molecule has 1 aliphatic carbocycles. The van der Waals surface area contributed by atoms with Crippen molar-refractivity contribution >= 4 is 11.9 Å². The summed E-state index contributed by atoms with van der Waals surface area (Å²) >= 11 is 0. The van der Waals surface area contributed by atoms with Crippen LogP contribution in [0.15, 0.2) is 12.2 Å². The molecule has 1 rings (SSSR count). The Labute approximate surface area is 140 Å². The van der Waals surface area contributed by atoms with Crippen molar-refractivity contribution in [2.24, 2.45) is 11.8 Å². The maximum atomic E-state index is 12.4. The van der Waals surface area contributed by atoms with Crippen molar-refractivity contribution < 1.29 is 19.4 Å². The molecule has 0 aromatic rings. The van der Waals surface area contributed by atoms with Gasteiger partial charge in [0.2, 0.25) is 0 Å². The van der Waals surface area contributed by atoms with Crippen molar-refractivity contribution in [3.63, 3.8) is 0 Å². The number of unbranched alkanes of at least 4 members (excludes halogenated alkanes) is 4. The lowest BCUT2D eigenvalue weighted by molar-refractivity contribution is -0.162. The smallest absolute Gasteiger partial charge is 0.310 e. The minimum Gasteiger partial charge on any atom is -0.481 e. The van der Waals surface area contributed by atoms with Gasteiger partial charge in [-0.15, -0.1) is 0 Å². The lowest BCUT2D eigenvalue weighted by atomic mass is 9.83. The van der Waals surface area contributed by atoms with E-state index in [1.807, 2.05) is 12.2 Å². The maximum absolute atomic E-state index is 12.4. The predicted octanol–water partition coefficient (Wildman–Crippen LogP) is 4.73.